The highest BCUT2D eigenvalue weighted by Gasteiger charge is 2.10. The maximum absolute atomic E-state index is 8.90. The Balaban J connectivity index is 2.98. The van der Waals surface area contributed by atoms with Crippen molar-refractivity contribution in [2.24, 2.45) is 0 Å². The summed E-state index contributed by atoms with van der Waals surface area (Å²) in [5.41, 5.74) is 1.07. The Morgan fingerprint density at radius 2 is 1.93 bits per heavy atom. The molecule has 2 aromatic rings. The van der Waals surface area contributed by atoms with E-state index in [1.807, 2.05) is 11.4 Å². The molecule has 0 aliphatic rings. The van der Waals surface area contributed by atoms with Crippen molar-refractivity contribution in [1.82, 2.24) is 0 Å². The van der Waals surface area contributed by atoms with Gasteiger partial charge in [0, 0.05) is 9.86 Å². The minimum absolute atomic E-state index is 0.507. The lowest BCUT2D eigenvalue weighted by Gasteiger charge is -1.99. The van der Waals surface area contributed by atoms with Crippen LogP contribution in [0.3, 0.4) is 0 Å². The van der Waals surface area contributed by atoms with Crippen molar-refractivity contribution in [1.29, 1.82) is 10.5 Å². The molecular formula is C10H3BrN2S. The van der Waals surface area contributed by atoms with E-state index in [-0.39, 0.29) is 0 Å². The van der Waals surface area contributed by atoms with Gasteiger partial charge in [-0.05, 0) is 33.4 Å². The van der Waals surface area contributed by atoms with Gasteiger partial charge in [0.05, 0.1) is 15.8 Å². The minimum Gasteiger partial charge on any atom is -0.192 e. The fourth-order valence-electron chi connectivity index (χ4n) is 1.27. The monoisotopic (exact) mass is 262 g/mol. The number of hydrogen-bond donors (Lipinski definition) is 0. The predicted molar refractivity (Wildman–Crippen MR) is 59.0 cm³/mol. The van der Waals surface area contributed by atoms with Crippen molar-refractivity contribution in [3.8, 4) is 12.1 Å². The molecule has 14 heavy (non-hydrogen) atoms. The topological polar surface area (TPSA) is 47.6 Å². The molecule has 1 heterocycles. The minimum atomic E-state index is 0.507. The van der Waals surface area contributed by atoms with Gasteiger partial charge in [0.1, 0.15) is 12.1 Å². The zero-order chi connectivity index (χ0) is 10.1. The molecule has 2 rings (SSSR count). The fourth-order valence-corrected chi connectivity index (χ4v) is 2.81. The van der Waals surface area contributed by atoms with Gasteiger partial charge in [-0.1, -0.05) is 0 Å². The van der Waals surface area contributed by atoms with Crippen LogP contribution in [0.5, 0.6) is 0 Å². The Morgan fingerprint density at radius 3 is 2.57 bits per heavy atom. The zero-order valence-electron chi connectivity index (χ0n) is 6.91. The highest BCUT2D eigenvalue weighted by molar-refractivity contribution is 9.10. The lowest BCUT2D eigenvalue weighted by Crippen LogP contribution is -1.82. The molecule has 4 heteroatoms. The first kappa shape index (κ1) is 9.21. The molecule has 0 atom stereocenters. The van der Waals surface area contributed by atoms with Crippen molar-refractivity contribution < 1.29 is 0 Å². The van der Waals surface area contributed by atoms with E-state index in [1.54, 1.807) is 6.07 Å². The number of thiophene rings is 1. The highest BCUT2D eigenvalue weighted by Crippen LogP contribution is 2.33. The molecule has 0 bridgehead atoms. The molecule has 0 amide bonds. The van der Waals surface area contributed by atoms with Crippen molar-refractivity contribution in [2.45, 2.75) is 0 Å². The summed E-state index contributed by atoms with van der Waals surface area (Å²) in [5, 5.41) is 20.6. The van der Waals surface area contributed by atoms with E-state index in [1.165, 1.54) is 11.3 Å². The number of halogens is 1. The smallest absolute Gasteiger partial charge is 0.101 e. The number of benzene rings is 1. The summed E-state index contributed by atoms with van der Waals surface area (Å²) in [4.78, 5) is 0. The van der Waals surface area contributed by atoms with Crippen LogP contribution in [-0.2, 0) is 0 Å². The van der Waals surface area contributed by atoms with Crippen LogP contribution in [0.25, 0.3) is 10.1 Å². The molecule has 0 saturated carbocycles. The maximum atomic E-state index is 8.90. The molecule has 0 saturated heterocycles. The lowest BCUT2D eigenvalue weighted by molar-refractivity contribution is 1.46. The van der Waals surface area contributed by atoms with Crippen LogP contribution in [0, 0.1) is 22.7 Å². The van der Waals surface area contributed by atoms with Crippen LogP contribution in [0.15, 0.2) is 22.0 Å². The number of rotatable bonds is 0. The van der Waals surface area contributed by atoms with Gasteiger partial charge in [0.25, 0.3) is 0 Å². The summed E-state index contributed by atoms with van der Waals surface area (Å²) < 4.78 is 1.70. The summed E-state index contributed by atoms with van der Waals surface area (Å²) in [6.45, 7) is 0. The molecule has 0 N–H and O–H groups in total. The van der Waals surface area contributed by atoms with Gasteiger partial charge in [-0.25, -0.2) is 0 Å². The summed E-state index contributed by atoms with van der Waals surface area (Å²) in [5.74, 6) is 0. The number of nitrogens with zero attached hydrogens (tertiary/aromatic N) is 2. The Labute approximate surface area is 93.1 Å². The van der Waals surface area contributed by atoms with Crippen LogP contribution >= 0.6 is 27.3 Å². The SMILES string of the molecule is N#Cc1cc(C#N)c2sccc2c1Br. The molecule has 0 aliphatic heterocycles. The summed E-state index contributed by atoms with van der Waals surface area (Å²) in [7, 11) is 0. The van der Waals surface area contributed by atoms with E-state index in [4.69, 9.17) is 10.5 Å². The van der Waals surface area contributed by atoms with Crippen LogP contribution in [0.2, 0.25) is 0 Å². The van der Waals surface area contributed by atoms with E-state index in [0.717, 1.165) is 14.6 Å². The van der Waals surface area contributed by atoms with Crippen molar-refractivity contribution >= 4 is 37.4 Å². The molecule has 2 nitrogen and oxygen atoms in total. The second-order valence-electron chi connectivity index (χ2n) is 2.67. The van der Waals surface area contributed by atoms with Gasteiger partial charge in [0.15, 0.2) is 0 Å². The zero-order valence-corrected chi connectivity index (χ0v) is 9.32. The first-order valence-electron chi connectivity index (χ1n) is 3.78. The lowest BCUT2D eigenvalue weighted by atomic mass is 10.1. The standard InChI is InChI=1S/C10H3BrN2S/c11-9-6(4-12)3-7(5-13)10-8(9)1-2-14-10/h1-3H. The number of fused-ring (bicyclic) bond motifs is 1. The van der Waals surface area contributed by atoms with Crippen LogP contribution in [-0.4, -0.2) is 0 Å². The largest absolute Gasteiger partial charge is 0.192 e. The van der Waals surface area contributed by atoms with Crippen LogP contribution in [0.4, 0.5) is 0 Å². The van der Waals surface area contributed by atoms with E-state index in [9.17, 15) is 0 Å². The maximum Gasteiger partial charge on any atom is 0.101 e. The Kier molecular flexibility index (Phi) is 2.25. The molecule has 0 radical (unpaired) electrons. The van der Waals surface area contributed by atoms with Crippen molar-refractivity contribution in [3.63, 3.8) is 0 Å². The molecule has 0 unspecified atom stereocenters. The second kappa shape index (κ2) is 3.42. The Hall–Kier alpha value is -1.36. The van der Waals surface area contributed by atoms with E-state index in [2.05, 4.69) is 28.1 Å². The predicted octanol–water partition coefficient (Wildman–Crippen LogP) is 3.41. The van der Waals surface area contributed by atoms with Gasteiger partial charge in [-0.3, -0.25) is 0 Å². The van der Waals surface area contributed by atoms with Gasteiger partial charge in [-0.15, -0.1) is 11.3 Å². The first-order valence-corrected chi connectivity index (χ1v) is 5.45. The van der Waals surface area contributed by atoms with E-state index >= 15 is 0 Å². The summed E-state index contributed by atoms with van der Waals surface area (Å²) in [6.07, 6.45) is 0. The normalized spacial score (nSPS) is 9.64. The third-order valence-corrected chi connectivity index (χ3v) is 3.71. The third-order valence-electron chi connectivity index (χ3n) is 1.91. The molecule has 1 aromatic heterocycles. The highest BCUT2D eigenvalue weighted by atomic mass is 79.9. The van der Waals surface area contributed by atoms with Gasteiger partial charge in [-0.2, -0.15) is 10.5 Å². The quantitative estimate of drug-likeness (QED) is 0.731. The van der Waals surface area contributed by atoms with Crippen LogP contribution in [0.1, 0.15) is 11.1 Å². The summed E-state index contributed by atoms with van der Waals surface area (Å²) >= 11 is 4.87. The van der Waals surface area contributed by atoms with E-state index in [0.29, 0.717) is 11.1 Å². The van der Waals surface area contributed by atoms with Gasteiger partial charge in [0.2, 0.25) is 0 Å². The number of nitriles is 2. The van der Waals surface area contributed by atoms with Gasteiger partial charge < -0.3 is 0 Å². The molecule has 0 fully saturated rings. The Morgan fingerprint density at radius 1 is 1.21 bits per heavy atom. The Bertz CT molecular complexity index is 586. The van der Waals surface area contributed by atoms with Crippen LogP contribution < -0.4 is 0 Å². The second-order valence-corrected chi connectivity index (χ2v) is 4.38. The third kappa shape index (κ3) is 1.21. The molecule has 0 aliphatic carbocycles. The van der Waals surface area contributed by atoms with Gasteiger partial charge >= 0.3 is 0 Å². The number of hydrogen-bond acceptors (Lipinski definition) is 3. The van der Waals surface area contributed by atoms with E-state index < -0.39 is 0 Å². The fraction of sp³-hybridized carbons (Fsp3) is 0. The molecule has 0 spiro atoms. The summed E-state index contributed by atoms with van der Waals surface area (Å²) in [6, 6.07) is 7.68. The molecule has 1 aromatic carbocycles. The van der Waals surface area contributed by atoms with Crippen molar-refractivity contribution in [2.75, 3.05) is 0 Å². The first-order chi connectivity index (χ1) is 6.77. The average molecular weight is 263 g/mol. The van der Waals surface area contributed by atoms with Crippen molar-refractivity contribution in [3.05, 3.63) is 33.1 Å². The molecule has 66 valence electrons. The molecular weight excluding hydrogens is 260 g/mol. The average Bonchev–Trinajstić information content (AvgIpc) is 2.68.